The molecule has 10 heteroatoms. The fourth-order valence-corrected chi connectivity index (χ4v) is 3.68. The maximum absolute atomic E-state index is 12.9. The van der Waals surface area contributed by atoms with Crippen LogP contribution in [0.5, 0.6) is 0 Å². The summed E-state index contributed by atoms with van der Waals surface area (Å²) in [6.07, 6.45) is -4.55. The van der Waals surface area contributed by atoms with E-state index in [1.165, 1.54) is 17.0 Å². The lowest BCUT2D eigenvalue weighted by atomic mass is 10.1. The summed E-state index contributed by atoms with van der Waals surface area (Å²) in [6, 6.07) is 9.85. The van der Waals surface area contributed by atoms with Crippen molar-refractivity contribution in [1.29, 1.82) is 0 Å². The van der Waals surface area contributed by atoms with Crippen LogP contribution in [0.4, 0.5) is 18.9 Å². The Hall–Kier alpha value is -3.07. The molecule has 0 bridgehead atoms. The number of alkyl halides is 3. The third-order valence-corrected chi connectivity index (χ3v) is 5.35. The zero-order valence-electron chi connectivity index (χ0n) is 17.1. The van der Waals surface area contributed by atoms with Gasteiger partial charge in [-0.25, -0.2) is 0 Å². The summed E-state index contributed by atoms with van der Waals surface area (Å²) < 4.78 is 38.6. The van der Waals surface area contributed by atoms with Gasteiger partial charge in [0.1, 0.15) is 0 Å². The topological polar surface area (TPSA) is 78.5 Å². The monoisotopic (exact) mass is 467 g/mol. The maximum Gasteiger partial charge on any atom is 0.416 e. The summed E-state index contributed by atoms with van der Waals surface area (Å²) >= 11 is 6.07. The third kappa shape index (κ3) is 6.00. The standard InChI is InChI=1S/C22H21ClF3N3O3/c1-13-5-6-18(17(23)7-13)28-19(30)10-27-21(32)15-9-20(31)29(12-15)11-14-3-2-4-16(8-14)22(24,25)26/h2-8,15H,9-12H2,1H3,(H,27,32)(H,28,30). The van der Waals surface area contributed by atoms with Gasteiger partial charge in [0.2, 0.25) is 17.7 Å². The van der Waals surface area contributed by atoms with Crippen molar-refractivity contribution in [1.82, 2.24) is 10.2 Å². The highest BCUT2D eigenvalue weighted by atomic mass is 35.5. The van der Waals surface area contributed by atoms with Crippen molar-refractivity contribution in [3.8, 4) is 0 Å². The minimum absolute atomic E-state index is 0.0288. The lowest BCUT2D eigenvalue weighted by molar-refractivity contribution is -0.137. The van der Waals surface area contributed by atoms with Gasteiger partial charge in [-0.1, -0.05) is 29.8 Å². The van der Waals surface area contributed by atoms with Crippen molar-refractivity contribution in [3.05, 3.63) is 64.2 Å². The molecule has 170 valence electrons. The molecule has 1 atom stereocenters. The van der Waals surface area contributed by atoms with Crippen LogP contribution in [0.25, 0.3) is 0 Å². The van der Waals surface area contributed by atoms with E-state index in [9.17, 15) is 27.6 Å². The van der Waals surface area contributed by atoms with Gasteiger partial charge in [-0.15, -0.1) is 0 Å². The second-order valence-electron chi connectivity index (χ2n) is 7.62. The molecule has 1 aliphatic heterocycles. The number of rotatable bonds is 6. The summed E-state index contributed by atoms with van der Waals surface area (Å²) in [5, 5.41) is 5.46. The fourth-order valence-electron chi connectivity index (χ4n) is 3.39. The zero-order valence-corrected chi connectivity index (χ0v) is 17.9. The number of amides is 3. The van der Waals surface area contributed by atoms with Crippen molar-refractivity contribution in [2.45, 2.75) is 26.1 Å². The van der Waals surface area contributed by atoms with E-state index in [1.54, 1.807) is 18.2 Å². The van der Waals surface area contributed by atoms with Crippen molar-refractivity contribution in [2.75, 3.05) is 18.4 Å². The minimum Gasteiger partial charge on any atom is -0.347 e. The Balaban J connectivity index is 1.52. The van der Waals surface area contributed by atoms with Crippen LogP contribution >= 0.6 is 11.6 Å². The van der Waals surface area contributed by atoms with Gasteiger partial charge in [0.05, 0.1) is 28.7 Å². The second kappa shape index (κ2) is 9.60. The van der Waals surface area contributed by atoms with E-state index in [0.717, 1.165) is 17.7 Å². The fraction of sp³-hybridized carbons (Fsp3) is 0.318. The number of hydrogen-bond donors (Lipinski definition) is 2. The van der Waals surface area contributed by atoms with Gasteiger partial charge in [0.15, 0.2) is 0 Å². The van der Waals surface area contributed by atoms with Crippen LogP contribution in [0.3, 0.4) is 0 Å². The number of benzene rings is 2. The van der Waals surface area contributed by atoms with Gasteiger partial charge < -0.3 is 15.5 Å². The predicted octanol–water partition coefficient (Wildman–Crippen LogP) is 3.77. The first kappa shape index (κ1) is 23.6. The summed E-state index contributed by atoms with van der Waals surface area (Å²) in [5.41, 5.74) is 0.876. The first-order valence-corrected chi connectivity index (χ1v) is 10.2. The van der Waals surface area contributed by atoms with E-state index in [4.69, 9.17) is 11.6 Å². The highest BCUT2D eigenvalue weighted by molar-refractivity contribution is 6.33. The molecule has 3 amide bonds. The molecule has 1 fully saturated rings. The van der Waals surface area contributed by atoms with Crippen LogP contribution in [0, 0.1) is 12.8 Å². The number of likely N-dealkylation sites (tertiary alicyclic amines) is 1. The molecular formula is C22H21ClF3N3O3. The Morgan fingerprint density at radius 1 is 1.19 bits per heavy atom. The van der Waals surface area contributed by atoms with Crippen LogP contribution in [0.15, 0.2) is 42.5 Å². The molecule has 0 radical (unpaired) electrons. The molecule has 1 aliphatic rings. The Morgan fingerprint density at radius 2 is 1.94 bits per heavy atom. The van der Waals surface area contributed by atoms with Gasteiger partial charge in [0, 0.05) is 19.5 Å². The van der Waals surface area contributed by atoms with Crippen LogP contribution in [-0.4, -0.2) is 35.7 Å². The van der Waals surface area contributed by atoms with Gasteiger partial charge in [-0.3, -0.25) is 14.4 Å². The smallest absolute Gasteiger partial charge is 0.347 e. The summed E-state index contributed by atoms with van der Waals surface area (Å²) in [7, 11) is 0. The Morgan fingerprint density at radius 3 is 2.62 bits per heavy atom. The number of nitrogens with zero attached hydrogens (tertiary/aromatic N) is 1. The van der Waals surface area contributed by atoms with E-state index >= 15 is 0 Å². The Bertz CT molecular complexity index is 1040. The van der Waals surface area contributed by atoms with Crippen LogP contribution in [0.2, 0.25) is 5.02 Å². The van der Waals surface area contributed by atoms with Gasteiger partial charge in [-0.05, 0) is 42.3 Å². The lowest BCUT2D eigenvalue weighted by Crippen LogP contribution is -2.37. The quantitative estimate of drug-likeness (QED) is 0.679. The number of carbonyl (C=O) groups excluding carboxylic acids is 3. The van der Waals surface area contributed by atoms with E-state index in [2.05, 4.69) is 10.6 Å². The van der Waals surface area contributed by atoms with E-state index < -0.39 is 29.5 Å². The number of aryl methyl sites for hydroxylation is 1. The summed E-state index contributed by atoms with van der Waals surface area (Å²) in [5.74, 6) is -1.98. The maximum atomic E-state index is 12.9. The normalized spacial score (nSPS) is 16.2. The van der Waals surface area contributed by atoms with Crippen LogP contribution in [-0.2, 0) is 27.1 Å². The Labute approximate surface area is 187 Å². The second-order valence-corrected chi connectivity index (χ2v) is 8.03. The molecule has 1 saturated heterocycles. The van der Waals surface area contributed by atoms with Gasteiger partial charge >= 0.3 is 6.18 Å². The molecule has 2 aromatic rings. The van der Waals surface area contributed by atoms with E-state index in [0.29, 0.717) is 16.3 Å². The van der Waals surface area contributed by atoms with E-state index in [1.807, 2.05) is 6.92 Å². The highest BCUT2D eigenvalue weighted by Crippen LogP contribution is 2.30. The van der Waals surface area contributed by atoms with Crippen molar-refractivity contribution in [3.63, 3.8) is 0 Å². The number of nitrogens with one attached hydrogen (secondary N) is 2. The molecule has 2 aromatic carbocycles. The molecule has 0 aliphatic carbocycles. The molecule has 0 saturated carbocycles. The van der Waals surface area contributed by atoms with Crippen molar-refractivity contribution < 1.29 is 27.6 Å². The molecule has 1 unspecified atom stereocenters. The van der Waals surface area contributed by atoms with E-state index in [-0.39, 0.29) is 32.0 Å². The average molecular weight is 468 g/mol. The molecule has 0 aromatic heterocycles. The summed E-state index contributed by atoms with van der Waals surface area (Å²) in [6.45, 7) is 1.59. The van der Waals surface area contributed by atoms with Crippen molar-refractivity contribution in [2.24, 2.45) is 5.92 Å². The van der Waals surface area contributed by atoms with Crippen LogP contribution < -0.4 is 10.6 Å². The predicted molar refractivity (Wildman–Crippen MR) is 113 cm³/mol. The molecule has 1 heterocycles. The average Bonchev–Trinajstić information content (AvgIpc) is 3.08. The SMILES string of the molecule is Cc1ccc(NC(=O)CNC(=O)C2CC(=O)N(Cc3cccc(C(F)(F)F)c3)C2)c(Cl)c1. The lowest BCUT2D eigenvalue weighted by Gasteiger charge is -2.17. The highest BCUT2D eigenvalue weighted by Gasteiger charge is 2.35. The number of halogens is 4. The van der Waals surface area contributed by atoms with Gasteiger partial charge in [-0.2, -0.15) is 13.2 Å². The largest absolute Gasteiger partial charge is 0.416 e. The van der Waals surface area contributed by atoms with Gasteiger partial charge in [0.25, 0.3) is 0 Å². The first-order valence-electron chi connectivity index (χ1n) is 9.80. The van der Waals surface area contributed by atoms with Crippen LogP contribution in [0.1, 0.15) is 23.1 Å². The number of hydrogen-bond acceptors (Lipinski definition) is 3. The molecular weight excluding hydrogens is 447 g/mol. The molecule has 32 heavy (non-hydrogen) atoms. The number of carbonyl (C=O) groups is 3. The molecule has 3 rings (SSSR count). The Kier molecular flexibility index (Phi) is 7.08. The number of anilines is 1. The first-order chi connectivity index (χ1) is 15.0. The third-order valence-electron chi connectivity index (χ3n) is 5.03. The van der Waals surface area contributed by atoms with Crippen molar-refractivity contribution >= 4 is 35.0 Å². The minimum atomic E-state index is -4.48. The summed E-state index contributed by atoms with van der Waals surface area (Å²) in [4.78, 5) is 38.1. The molecule has 2 N–H and O–H groups in total. The molecule has 0 spiro atoms. The zero-order chi connectivity index (χ0) is 23.5. The molecule has 6 nitrogen and oxygen atoms in total.